The smallest absolute Gasteiger partial charge is 0.196 e. The molecule has 2 aromatic rings. The van der Waals surface area contributed by atoms with Gasteiger partial charge in [0, 0.05) is 28.5 Å². The Bertz CT molecular complexity index is 584. The van der Waals surface area contributed by atoms with Gasteiger partial charge in [0.2, 0.25) is 0 Å². The Morgan fingerprint density at radius 3 is 2.75 bits per heavy atom. The highest BCUT2D eigenvalue weighted by molar-refractivity contribution is 9.10. The molecule has 0 amide bonds. The van der Waals surface area contributed by atoms with Crippen LogP contribution in [0, 0.1) is 6.92 Å². The lowest BCUT2D eigenvalue weighted by atomic mass is 10.1. The van der Waals surface area contributed by atoms with E-state index in [9.17, 15) is 0 Å². The number of oxazole rings is 1. The van der Waals surface area contributed by atoms with Crippen LogP contribution in [-0.2, 0) is 6.42 Å². The molecule has 0 aliphatic rings. The van der Waals surface area contributed by atoms with Gasteiger partial charge in [0.05, 0.1) is 6.20 Å². The number of hydrogen-bond acceptors (Lipinski definition) is 3. The van der Waals surface area contributed by atoms with Gasteiger partial charge in [-0.3, -0.25) is 0 Å². The lowest BCUT2D eigenvalue weighted by Gasteiger charge is -2.19. The monoisotopic (exact) mass is 336 g/mol. The summed E-state index contributed by atoms with van der Waals surface area (Å²) in [5.74, 6) is 1.60. The molecule has 0 bridgehead atoms. The molecule has 108 valence electrons. The summed E-state index contributed by atoms with van der Waals surface area (Å²) in [6, 6.07) is 6.17. The van der Waals surface area contributed by atoms with Gasteiger partial charge in [0.25, 0.3) is 0 Å². The third kappa shape index (κ3) is 4.18. The van der Waals surface area contributed by atoms with Crippen LogP contribution in [-0.4, -0.2) is 17.1 Å². The zero-order valence-electron chi connectivity index (χ0n) is 12.5. The van der Waals surface area contributed by atoms with Gasteiger partial charge in [-0.05, 0) is 45.4 Å². The highest BCUT2D eigenvalue weighted by Crippen LogP contribution is 2.27. The predicted molar refractivity (Wildman–Crippen MR) is 85.8 cm³/mol. The molecule has 1 heterocycles. The lowest BCUT2D eigenvalue weighted by Crippen LogP contribution is -2.37. The molecule has 0 unspecified atom stereocenters. The van der Waals surface area contributed by atoms with Crippen molar-refractivity contribution < 1.29 is 4.42 Å². The zero-order valence-corrected chi connectivity index (χ0v) is 14.0. The fourth-order valence-corrected chi connectivity index (χ4v) is 2.32. The van der Waals surface area contributed by atoms with E-state index < -0.39 is 0 Å². The summed E-state index contributed by atoms with van der Waals surface area (Å²) in [4.78, 5) is 4.36. The van der Waals surface area contributed by atoms with E-state index in [1.165, 1.54) is 5.56 Å². The third-order valence-corrected chi connectivity index (χ3v) is 3.51. The van der Waals surface area contributed by atoms with Crippen LogP contribution in [0.15, 0.2) is 33.3 Å². The molecule has 1 N–H and O–H groups in total. The van der Waals surface area contributed by atoms with Crippen molar-refractivity contribution in [2.45, 2.75) is 39.7 Å². The number of halogens is 1. The van der Waals surface area contributed by atoms with Gasteiger partial charge in [-0.25, -0.2) is 4.98 Å². The van der Waals surface area contributed by atoms with Gasteiger partial charge in [0.15, 0.2) is 11.7 Å². The molecule has 2 rings (SSSR count). The molecule has 0 saturated carbocycles. The molecular weight excluding hydrogens is 316 g/mol. The van der Waals surface area contributed by atoms with Crippen LogP contribution >= 0.6 is 15.9 Å². The average Bonchev–Trinajstić information content (AvgIpc) is 2.79. The maximum atomic E-state index is 5.85. The summed E-state index contributed by atoms with van der Waals surface area (Å²) >= 11 is 3.49. The van der Waals surface area contributed by atoms with E-state index in [-0.39, 0.29) is 5.54 Å². The standard InChI is InChI=1S/C16H21BrN2O/c1-11-5-6-12(17)9-13(11)14-10-18-15(20-14)7-8-19-16(2,3)4/h5-6,9-10,19H,7-8H2,1-4H3. The normalized spacial score (nSPS) is 11.8. The number of nitrogens with zero attached hydrogens (tertiary/aromatic N) is 1. The molecule has 0 spiro atoms. The fraction of sp³-hybridized carbons (Fsp3) is 0.438. The van der Waals surface area contributed by atoms with Crippen molar-refractivity contribution in [3.8, 4) is 11.3 Å². The maximum Gasteiger partial charge on any atom is 0.196 e. The number of aryl methyl sites for hydroxylation is 1. The molecule has 4 heteroatoms. The van der Waals surface area contributed by atoms with Crippen molar-refractivity contribution in [2.75, 3.05) is 6.54 Å². The molecule has 0 fully saturated rings. The van der Waals surface area contributed by atoms with Gasteiger partial charge in [-0.2, -0.15) is 0 Å². The Hall–Kier alpha value is -1.13. The van der Waals surface area contributed by atoms with Crippen LogP contribution < -0.4 is 5.32 Å². The largest absolute Gasteiger partial charge is 0.441 e. The van der Waals surface area contributed by atoms with E-state index in [0.717, 1.165) is 34.7 Å². The zero-order chi connectivity index (χ0) is 14.8. The first kappa shape index (κ1) is 15.3. The minimum atomic E-state index is 0.121. The second kappa shape index (κ2) is 6.10. The Balaban J connectivity index is 2.07. The number of rotatable bonds is 4. The molecule has 0 aliphatic carbocycles. The van der Waals surface area contributed by atoms with Crippen LogP contribution in [0.3, 0.4) is 0 Å². The minimum absolute atomic E-state index is 0.121. The predicted octanol–water partition coefficient (Wildman–Crippen LogP) is 4.34. The van der Waals surface area contributed by atoms with Crippen LogP contribution in [0.4, 0.5) is 0 Å². The maximum absolute atomic E-state index is 5.85. The quantitative estimate of drug-likeness (QED) is 0.902. The highest BCUT2D eigenvalue weighted by atomic mass is 79.9. The van der Waals surface area contributed by atoms with Gasteiger partial charge in [-0.1, -0.05) is 22.0 Å². The summed E-state index contributed by atoms with van der Waals surface area (Å²) < 4.78 is 6.90. The first-order valence-corrected chi connectivity index (χ1v) is 7.61. The van der Waals surface area contributed by atoms with E-state index in [1.807, 2.05) is 6.07 Å². The first-order valence-electron chi connectivity index (χ1n) is 6.81. The van der Waals surface area contributed by atoms with E-state index in [2.05, 4.69) is 66.1 Å². The van der Waals surface area contributed by atoms with Gasteiger partial charge >= 0.3 is 0 Å². The summed E-state index contributed by atoms with van der Waals surface area (Å²) in [5, 5.41) is 3.43. The van der Waals surface area contributed by atoms with E-state index in [1.54, 1.807) is 6.20 Å². The number of nitrogens with one attached hydrogen (secondary N) is 1. The Morgan fingerprint density at radius 1 is 1.30 bits per heavy atom. The van der Waals surface area contributed by atoms with Crippen molar-refractivity contribution in [1.82, 2.24) is 10.3 Å². The fourth-order valence-electron chi connectivity index (χ4n) is 1.95. The van der Waals surface area contributed by atoms with Gasteiger partial charge < -0.3 is 9.73 Å². The molecule has 1 aromatic carbocycles. The van der Waals surface area contributed by atoms with Gasteiger partial charge in [0.1, 0.15) is 0 Å². The molecule has 0 aliphatic heterocycles. The average molecular weight is 337 g/mol. The summed E-state index contributed by atoms with van der Waals surface area (Å²) in [5.41, 5.74) is 2.39. The summed E-state index contributed by atoms with van der Waals surface area (Å²) in [6.07, 6.45) is 2.60. The molecular formula is C16H21BrN2O. The van der Waals surface area contributed by atoms with Crippen LogP contribution in [0.1, 0.15) is 32.2 Å². The van der Waals surface area contributed by atoms with Crippen molar-refractivity contribution in [2.24, 2.45) is 0 Å². The van der Waals surface area contributed by atoms with E-state index >= 15 is 0 Å². The Kier molecular flexibility index (Phi) is 4.66. The van der Waals surface area contributed by atoms with Gasteiger partial charge in [-0.15, -0.1) is 0 Å². The molecule has 20 heavy (non-hydrogen) atoms. The molecule has 0 radical (unpaired) electrons. The van der Waals surface area contributed by atoms with Crippen molar-refractivity contribution in [3.05, 3.63) is 40.3 Å². The number of hydrogen-bond donors (Lipinski definition) is 1. The Labute approximate surface area is 128 Å². The summed E-state index contributed by atoms with van der Waals surface area (Å²) in [7, 11) is 0. The van der Waals surface area contributed by atoms with Crippen molar-refractivity contribution >= 4 is 15.9 Å². The highest BCUT2D eigenvalue weighted by Gasteiger charge is 2.11. The van der Waals surface area contributed by atoms with Crippen molar-refractivity contribution in [3.63, 3.8) is 0 Å². The second-order valence-corrected chi connectivity index (χ2v) is 6.92. The minimum Gasteiger partial charge on any atom is -0.441 e. The lowest BCUT2D eigenvalue weighted by molar-refractivity contribution is 0.412. The molecule has 3 nitrogen and oxygen atoms in total. The second-order valence-electron chi connectivity index (χ2n) is 6.00. The van der Waals surface area contributed by atoms with Crippen LogP contribution in [0.25, 0.3) is 11.3 Å². The topological polar surface area (TPSA) is 38.1 Å². The third-order valence-electron chi connectivity index (χ3n) is 3.01. The van der Waals surface area contributed by atoms with E-state index in [4.69, 9.17) is 4.42 Å². The number of benzene rings is 1. The first-order chi connectivity index (χ1) is 9.35. The molecule has 0 atom stereocenters. The number of aromatic nitrogens is 1. The van der Waals surface area contributed by atoms with Crippen LogP contribution in [0.5, 0.6) is 0 Å². The Morgan fingerprint density at radius 2 is 2.05 bits per heavy atom. The summed E-state index contributed by atoms with van der Waals surface area (Å²) in [6.45, 7) is 9.39. The van der Waals surface area contributed by atoms with Crippen molar-refractivity contribution in [1.29, 1.82) is 0 Å². The van der Waals surface area contributed by atoms with E-state index in [0.29, 0.717) is 0 Å². The van der Waals surface area contributed by atoms with Crippen LogP contribution in [0.2, 0.25) is 0 Å². The molecule has 1 aromatic heterocycles. The SMILES string of the molecule is Cc1ccc(Br)cc1-c1cnc(CCNC(C)(C)C)o1. The molecule has 0 saturated heterocycles.